The number of benzene rings is 2. The first kappa shape index (κ1) is 17.9. The molecule has 0 saturated heterocycles. The van der Waals surface area contributed by atoms with Crippen molar-refractivity contribution in [2.75, 3.05) is 18.4 Å². The molecule has 0 atom stereocenters. The van der Waals surface area contributed by atoms with Gasteiger partial charge in [0, 0.05) is 34.6 Å². The summed E-state index contributed by atoms with van der Waals surface area (Å²) in [6.45, 7) is 2.48. The van der Waals surface area contributed by atoms with Gasteiger partial charge in [0.25, 0.3) is 11.6 Å². The Kier molecular flexibility index (Phi) is 5.22. The molecule has 0 bridgehead atoms. The number of fused-ring (bicyclic) bond motifs is 1. The second-order valence-corrected chi connectivity index (χ2v) is 6.57. The van der Waals surface area contributed by atoms with Crippen molar-refractivity contribution in [1.82, 2.24) is 5.32 Å². The van der Waals surface area contributed by atoms with E-state index >= 15 is 0 Å². The van der Waals surface area contributed by atoms with E-state index in [1.165, 1.54) is 6.07 Å². The molecule has 2 N–H and O–H groups in total. The van der Waals surface area contributed by atoms with Crippen LogP contribution in [0, 0.1) is 17.0 Å². The van der Waals surface area contributed by atoms with E-state index in [0.29, 0.717) is 24.4 Å². The van der Waals surface area contributed by atoms with E-state index in [2.05, 4.69) is 26.6 Å². The molecular formula is C18H16BrN3O4. The molecule has 7 nitrogen and oxygen atoms in total. The van der Waals surface area contributed by atoms with Gasteiger partial charge in [-0.25, -0.2) is 0 Å². The Morgan fingerprint density at radius 3 is 2.77 bits per heavy atom. The fourth-order valence-electron chi connectivity index (χ4n) is 2.65. The molecule has 1 heterocycles. The minimum Gasteiger partial charge on any atom is -0.451 e. The van der Waals surface area contributed by atoms with E-state index in [0.717, 1.165) is 15.4 Å². The fourth-order valence-corrected chi connectivity index (χ4v) is 3.01. The van der Waals surface area contributed by atoms with E-state index in [1.54, 1.807) is 24.3 Å². The van der Waals surface area contributed by atoms with Gasteiger partial charge in [0.05, 0.1) is 4.92 Å². The molecule has 0 spiro atoms. The fraction of sp³-hybridized carbons (Fsp3) is 0.167. The summed E-state index contributed by atoms with van der Waals surface area (Å²) in [7, 11) is 0. The van der Waals surface area contributed by atoms with Crippen molar-refractivity contribution in [3.63, 3.8) is 0 Å². The molecule has 0 saturated carbocycles. The van der Waals surface area contributed by atoms with Crippen molar-refractivity contribution in [1.29, 1.82) is 0 Å². The van der Waals surface area contributed by atoms with Crippen LogP contribution in [0.4, 0.5) is 11.4 Å². The molecule has 8 heteroatoms. The zero-order chi connectivity index (χ0) is 18.7. The van der Waals surface area contributed by atoms with Crippen LogP contribution in [0.1, 0.15) is 16.1 Å². The highest BCUT2D eigenvalue weighted by atomic mass is 79.9. The molecule has 0 radical (unpaired) electrons. The number of carbonyl (C=O) groups excluding carboxylic acids is 1. The Hall–Kier alpha value is -2.87. The van der Waals surface area contributed by atoms with Crippen molar-refractivity contribution in [3.8, 4) is 0 Å². The molecule has 134 valence electrons. The summed E-state index contributed by atoms with van der Waals surface area (Å²) in [5.74, 6) is -0.0528. The van der Waals surface area contributed by atoms with Crippen molar-refractivity contribution >= 4 is 44.2 Å². The number of nitrogens with zero attached hydrogens (tertiary/aromatic N) is 1. The lowest BCUT2D eigenvalue weighted by atomic mass is 10.1. The van der Waals surface area contributed by atoms with Crippen molar-refractivity contribution < 1.29 is 14.1 Å². The SMILES string of the molecule is Cc1c(C(=O)NCCNc2ccccc2[N+](=O)[O-])oc2ccc(Br)cc12. The van der Waals surface area contributed by atoms with E-state index in [-0.39, 0.29) is 17.4 Å². The number of halogens is 1. The molecule has 0 unspecified atom stereocenters. The zero-order valence-electron chi connectivity index (χ0n) is 13.9. The molecule has 0 aliphatic rings. The third-order valence-corrected chi connectivity index (χ3v) is 4.42. The Bertz CT molecular complexity index is 984. The summed E-state index contributed by atoms with van der Waals surface area (Å²) in [5.41, 5.74) is 1.83. The average Bonchev–Trinajstić information content (AvgIpc) is 2.95. The highest BCUT2D eigenvalue weighted by Gasteiger charge is 2.17. The number of para-hydroxylation sites is 2. The van der Waals surface area contributed by atoms with Gasteiger partial charge >= 0.3 is 0 Å². The summed E-state index contributed by atoms with van der Waals surface area (Å²) in [4.78, 5) is 22.9. The minimum atomic E-state index is -0.448. The van der Waals surface area contributed by atoms with Crippen LogP contribution < -0.4 is 10.6 Å². The number of hydrogen-bond acceptors (Lipinski definition) is 5. The second-order valence-electron chi connectivity index (χ2n) is 5.65. The first-order valence-electron chi connectivity index (χ1n) is 7.91. The van der Waals surface area contributed by atoms with Crippen molar-refractivity contribution in [2.45, 2.75) is 6.92 Å². The van der Waals surface area contributed by atoms with Gasteiger partial charge in [0.15, 0.2) is 5.76 Å². The number of aryl methyl sites for hydroxylation is 1. The van der Waals surface area contributed by atoms with Crippen molar-refractivity contribution in [3.05, 3.63) is 68.4 Å². The molecule has 3 aromatic rings. The smallest absolute Gasteiger partial charge is 0.292 e. The Labute approximate surface area is 157 Å². The van der Waals surface area contributed by atoms with Gasteiger partial charge in [-0.15, -0.1) is 0 Å². The summed E-state index contributed by atoms with van der Waals surface area (Å²) in [6.07, 6.45) is 0. The van der Waals surface area contributed by atoms with Gasteiger partial charge in [0.1, 0.15) is 11.3 Å². The number of amides is 1. The van der Waals surface area contributed by atoms with Gasteiger partial charge in [-0.1, -0.05) is 28.1 Å². The predicted molar refractivity (Wildman–Crippen MR) is 103 cm³/mol. The highest BCUT2D eigenvalue weighted by Crippen LogP contribution is 2.28. The molecule has 0 aliphatic heterocycles. The molecule has 3 rings (SSSR count). The topological polar surface area (TPSA) is 97.4 Å². The lowest BCUT2D eigenvalue weighted by molar-refractivity contribution is -0.384. The van der Waals surface area contributed by atoms with Crippen LogP contribution in [0.15, 0.2) is 51.4 Å². The predicted octanol–water partition coefficient (Wildman–Crippen LogP) is 4.25. The van der Waals surface area contributed by atoms with Crippen LogP contribution in [-0.4, -0.2) is 23.9 Å². The van der Waals surface area contributed by atoms with E-state index < -0.39 is 4.92 Å². The van der Waals surface area contributed by atoms with E-state index in [4.69, 9.17) is 4.42 Å². The molecule has 0 aliphatic carbocycles. The largest absolute Gasteiger partial charge is 0.451 e. The number of anilines is 1. The maximum Gasteiger partial charge on any atom is 0.292 e. The number of carbonyl (C=O) groups is 1. The molecule has 1 amide bonds. The summed E-state index contributed by atoms with van der Waals surface area (Å²) >= 11 is 3.40. The Morgan fingerprint density at radius 2 is 2.00 bits per heavy atom. The van der Waals surface area contributed by atoms with Crippen molar-refractivity contribution in [2.24, 2.45) is 0 Å². The number of furan rings is 1. The standard InChI is InChI=1S/C18H16BrN3O4/c1-11-13-10-12(19)6-7-16(13)26-17(11)18(23)21-9-8-20-14-4-2-3-5-15(14)22(24)25/h2-7,10,20H,8-9H2,1H3,(H,21,23). The lowest BCUT2D eigenvalue weighted by Gasteiger charge is -2.07. The first-order valence-corrected chi connectivity index (χ1v) is 8.71. The number of hydrogen-bond donors (Lipinski definition) is 2. The number of nitro groups is 1. The first-order chi connectivity index (χ1) is 12.5. The van der Waals surface area contributed by atoms with Crippen LogP contribution in [0.25, 0.3) is 11.0 Å². The van der Waals surface area contributed by atoms with Gasteiger partial charge in [-0.05, 0) is 31.2 Å². The van der Waals surface area contributed by atoms with E-state index in [9.17, 15) is 14.9 Å². The maximum atomic E-state index is 12.4. The quantitative estimate of drug-likeness (QED) is 0.354. The Balaban J connectivity index is 1.62. The summed E-state index contributed by atoms with van der Waals surface area (Å²) in [5, 5.41) is 17.6. The molecule has 1 aromatic heterocycles. The third-order valence-electron chi connectivity index (χ3n) is 3.93. The van der Waals surface area contributed by atoms with Crippen LogP contribution in [0.5, 0.6) is 0 Å². The summed E-state index contributed by atoms with van der Waals surface area (Å²) in [6, 6.07) is 11.9. The zero-order valence-corrected chi connectivity index (χ0v) is 15.5. The van der Waals surface area contributed by atoms with Gasteiger partial charge < -0.3 is 15.1 Å². The van der Waals surface area contributed by atoms with Crippen LogP contribution in [0.3, 0.4) is 0 Å². The van der Waals surface area contributed by atoms with Crippen LogP contribution in [0.2, 0.25) is 0 Å². The Morgan fingerprint density at radius 1 is 1.23 bits per heavy atom. The van der Waals surface area contributed by atoms with E-state index in [1.807, 2.05) is 19.1 Å². The minimum absolute atomic E-state index is 0.00229. The maximum absolute atomic E-state index is 12.4. The number of nitro benzene ring substituents is 1. The number of rotatable bonds is 6. The van der Waals surface area contributed by atoms with Crippen LogP contribution in [-0.2, 0) is 0 Å². The normalized spacial score (nSPS) is 10.7. The summed E-state index contributed by atoms with van der Waals surface area (Å²) < 4.78 is 6.55. The number of nitrogens with one attached hydrogen (secondary N) is 2. The molecule has 0 fully saturated rings. The van der Waals surface area contributed by atoms with Gasteiger partial charge in [-0.2, -0.15) is 0 Å². The molecular weight excluding hydrogens is 402 g/mol. The molecule has 26 heavy (non-hydrogen) atoms. The monoisotopic (exact) mass is 417 g/mol. The second kappa shape index (κ2) is 7.57. The van der Waals surface area contributed by atoms with Gasteiger partial charge in [-0.3, -0.25) is 14.9 Å². The van der Waals surface area contributed by atoms with Crippen LogP contribution >= 0.6 is 15.9 Å². The molecule has 2 aromatic carbocycles. The third kappa shape index (κ3) is 3.70. The highest BCUT2D eigenvalue weighted by molar-refractivity contribution is 9.10. The lowest BCUT2D eigenvalue weighted by Crippen LogP contribution is -2.29. The van der Waals surface area contributed by atoms with Gasteiger partial charge in [0.2, 0.25) is 0 Å². The average molecular weight is 418 g/mol.